The van der Waals surface area contributed by atoms with Crippen LogP contribution in [-0.2, 0) is 16.0 Å². The Bertz CT molecular complexity index is 1230. The number of hydrogen-bond donors (Lipinski definition) is 1. The predicted molar refractivity (Wildman–Crippen MR) is 132 cm³/mol. The molecule has 3 aromatic rings. The number of nitrogens with zero attached hydrogens (tertiary/aromatic N) is 2. The molecule has 4 rings (SSSR count). The lowest BCUT2D eigenvalue weighted by molar-refractivity contribution is -0.132. The van der Waals surface area contributed by atoms with Crippen LogP contribution in [0, 0.1) is 6.92 Å². The molecule has 6 heteroatoms. The van der Waals surface area contributed by atoms with E-state index < -0.39 is 17.7 Å². The van der Waals surface area contributed by atoms with Gasteiger partial charge in [0.05, 0.1) is 18.2 Å². The number of pyridine rings is 1. The first kappa shape index (κ1) is 23.2. The maximum Gasteiger partial charge on any atom is 0.300 e. The molecule has 0 saturated carbocycles. The van der Waals surface area contributed by atoms with Crippen molar-refractivity contribution in [2.75, 3.05) is 11.5 Å². The second-order valence-electron chi connectivity index (χ2n) is 8.30. The Kier molecular flexibility index (Phi) is 6.77. The largest absolute Gasteiger partial charge is 0.507 e. The number of anilines is 1. The number of hydrogen-bond acceptors (Lipinski definition) is 5. The van der Waals surface area contributed by atoms with Crippen molar-refractivity contribution in [1.29, 1.82) is 0 Å². The fourth-order valence-electron chi connectivity index (χ4n) is 4.17. The molecule has 1 aliphatic heterocycles. The predicted octanol–water partition coefficient (Wildman–Crippen LogP) is 5.37. The van der Waals surface area contributed by atoms with E-state index in [-0.39, 0.29) is 11.3 Å². The fourth-order valence-corrected chi connectivity index (χ4v) is 4.17. The van der Waals surface area contributed by atoms with E-state index in [0.717, 1.165) is 29.7 Å². The molecule has 2 aromatic carbocycles. The summed E-state index contributed by atoms with van der Waals surface area (Å²) in [5.74, 6) is -0.905. The van der Waals surface area contributed by atoms with E-state index in [1.165, 1.54) is 4.90 Å². The Morgan fingerprint density at radius 3 is 2.47 bits per heavy atom. The number of aliphatic hydroxyl groups excluding tert-OH is 1. The van der Waals surface area contributed by atoms with Gasteiger partial charge in [0, 0.05) is 23.6 Å². The molecule has 34 heavy (non-hydrogen) atoms. The molecule has 1 aromatic heterocycles. The van der Waals surface area contributed by atoms with Gasteiger partial charge in [0.1, 0.15) is 11.5 Å². The minimum atomic E-state index is -0.794. The molecule has 2 heterocycles. The molecule has 1 aliphatic rings. The minimum Gasteiger partial charge on any atom is -0.507 e. The van der Waals surface area contributed by atoms with E-state index >= 15 is 0 Å². The van der Waals surface area contributed by atoms with Gasteiger partial charge in [-0.25, -0.2) is 0 Å². The summed E-state index contributed by atoms with van der Waals surface area (Å²) >= 11 is 0. The normalized spacial score (nSPS) is 17.3. The van der Waals surface area contributed by atoms with E-state index in [4.69, 9.17) is 4.74 Å². The first-order valence-electron chi connectivity index (χ1n) is 11.5. The summed E-state index contributed by atoms with van der Waals surface area (Å²) in [5, 5.41) is 11.3. The van der Waals surface area contributed by atoms with Crippen LogP contribution in [0.1, 0.15) is 48.6 Å². The van der Waals surface area contributed by atoms with Gasteiger partial charge in [-0.3, -0.25) is 19.5 Å². The van der Waals surface area contributed by atoms with E-state index in [1.807, 2.05) is 38.1 Å². The Labute approximate surface area is 199 Å². The van der Waals surface area contributed by atoms with Crippen molar-refractivity contribution in [1.82, 2.24) is 4.98 Å². The fraction of sp³-hybridized carbons (Fsp3) is 0.250. The molecule has 1 N–H and O–H groups in total. The number of Topliss-reactive ketones (excluding diaryl/α,β-unsaturated/α-hetero) is 1. The van der Waals surface area contributed by atoms with E-state index in [1.54, 1.807) is 42.7 Å². The van der Waals surface area contributed by atoms with Crippen molar-refractivity contribution in [2.45, 2.75) is 39.7 Å². The van der Waals surface area contributed by atoms with Crippen LogP contribution < -0.4 is 9.64 Å². The number of aryl methyl sites for hydroxylation is 2. The zero-order chi connectivity index (χ0) is 24.2. The Morgan fingerprint density at radius 2 is 1.85 bits per heavy atom. The van der Waals surface area contributed by atoms with Gasteiger partial charge >= 0.3 is 0 Å². The second-order valence-corrected chi connectivity index (χ2v) is 8.30. The molecular formula is C28H28N2O4. The molecular weight excluding hydrogens is 428 g/mol. The van der Waals surface area contributed by atoms with Crippen molar-refractivity contribution >= 4 is 23.1 Å². The first-order chi connectivity index (χ1) is 16.5. The Balaban J connectivity index is 1.84. The number of ketones is 1. The van der Waals surface area contributed by atoms with Gasteiger partial charge in [-0.15, -0.1) is 0 Å². The monoisotopic (exact) mass is 456 g/mol. The van der Waals surface area contributed by atoms with Crippen LogP contribution in [0.15, 0.2) is 72.6 Å². The molecule has 1 unspecified atom stereocenters. The smallest absolute Gasteiger partial charge is 0.300 e. The number of aromatic nitrogens is 1. The maximum atomic E-state index is 13.2. The molecule has 1 atom stereocenters. The molecule has 0 radical (unpaired) electrons. The molecule has 0 bridgehead atoms. The third-order valence-electron chi connectivity index (χ3n) is 5.98. The quantitative estimate of drug-likeness (QED) is 0.294. The van der Waals surface area contributed by atoms with Gasteiger partial charge in [-0.1, -0.05) is 32.0 Å². The summed E-state index contributed by atoms with van der Waals surface area (Å²) in [7, 11) is 0. The lowest BCUT2D eigenvalue weighted by atomic mass is 9.95. The van der Waals surface area contributed by atoms with E-state index in [0.29, 0.717) is 23.4 Å². The first-order valence-corrected chi connectivity index (χ1v) is 11.5. The van der Waals surface area contributed by atoms with Crippen LogP contribution in [0.5, 0.6) is 5.75 Å². The highest BCUT2D eigenvalue weighted by atomic mass is 16.5. The summed E-state index contributed by atoms with van der Waals surface area (Å²) in [6.07, 6.45) is 4.99. The van der Waals surface area contributed by atoms with Crippen molar-refractivity contribution < 1.29 is 19.4 Å². The van der Waals surface area contributed by atoms with Gasteiger partial charge in [-0.05, 0) is 72.9 Å². The molecule has 1 amide bonds. The topological polar surface area (TPSA) is 79.7 Å². The number of ether oxygens (including phenoxy) is 1. The van der Waals surface area contributed by atoms with Crippen molar-refractivity contribution in [2.24, 2.45) is 0 Å². The lowest BCUT2D eigenvalue weighted by Gasteiger charge is -2.25. The zero-order valence-corrected chi connectivity index (χ0v) is 19.6. The molecule has 174 valence electrons. The molecule has 6 nitrogen and oxygen atoms in total. The SMILES string of the molecule is CCCOc1ccc(/C(O)=C2/C(=O)C(=O)N(c3ccc(CC)cc3)C2c2cccnc2)cc1C. The summed E-state index contributed by atoms with van der Waals surface area (Å²) < 4.78 is 5.73. The zero-order valence-electron chi connectivity index (χ0n) is 19.6. The summed E-state index contributed by atoms with van der Waals surface area (Å²) in [6, 6.07) is 15.5. The van der Waals surface area contributed by atoms with Gasteiger partial charge in [0.25, 0.3) is 11.7 Å². The van der Waals surface area contributed by atoms with Crippen molar-refractivity contribution in [3.8, 4) is 5.75 Å². The van der Waals surface area contributed by atoms with Gasteiger partial charge in [0.15, 0.2) is 0 Å². The summed E-state index contributed by atoms with van der Waals surface area (Å²) in [6.45, 7) is 6.56. The summed E-state index contributed by atoms with van der Waals surface area (Å²) in [4.78, 5) is 32.1. The minimum absolute atomic E-state index is 0.0409. The number of aliphatic hydroxyl groups is 1. The van der Waals surface area contributed by atoms with E-state index in [9.17, 15) is 14.7 Å². The molecule has 0 spiro atoms. The average molecular weight is 457 g/mol. The number of amides is 1. The summed E-state index contributed by atoms with van der Waals surface area (Å²) in [5.41, 5.74) is 3.68. The second kappa shape index (κ2) is 9.91. The lowest BCUT2D eigenvalue weighted by Crippen LogP contribution is -2.29. The third kappa shape index (κ3) is 4.31. The number of rotatable bonds is 7. The van der Waals surface area contributed by atoms with E-state index in [2.05, 4.69) is 11.9 Å². The molecule has 1 saturated heterocycles. The standard InChI is InChI=1S/C28H28N2O4/c1-4-15-34-23-13-10-20(16-18(23)3)26(31)24-25(21-7-6-14-29-17-21)30(28(33)27(24)32)22-11-8-19(5-2)9-12-22/h6-14,16-17,25,31H,4-5,15H2,1-3H3/b26-24-. The highest BCUT2D eigenvalue weighted by molar-refractivity contribution is 6.51. The van der Waals surface area contributed by atoms with Crippen LogP contribution in [0.3, 0.4) is 0 Å². The number of carbonyl (C=O) groups is 2. The van der Waals surface area contributed by atoms with Crippen LogP contribution in [0.25, 0.3) is 5.76 Å². The van der Waals surface area contributed by atoms with Crippen LogP contribution in [-0.4, -0.2) is 28.4 Å². The van der Waals surface area contributed by atoms with Crippen molar-refractivity contribution in [3.05, 3.63) is 94.8 Å². The van der Waals surface area contributed by atoms with Gasteiger partial charge < -0.3 is 9.84 Å². The van der Waals surface area contributed by atoms with Crippen LogP contribution in [0.4, 0.5) is 5.69 Å². The average Bonchev–Trinajstić information content (AvgIpc) is 3.13. The number of benzene rings is 2. The van der Waals surface area contributed by atoms with Crippen molar-refractivity contribution in [3.63, 3.8) is 0 Å². The number of carbonyl (C=O) groups excluding carboxylic acids is 2. The maximum absolute atomic E-state index is 13.2. The Morgan fingerprint density at radius 1 is 1.09 bits per heavy atom. The Hall–Kier alpha value is -3.93. The van der Waals surface area contributed by atoms with Gasteiger partial charge in [-0.2, -0.15) is 0 Å². The van der Waals surface area contributed by atoms with Crippen LogP contribution >= 0.6 is 0 Å². The highest BCUT2D eigenvalue weighted by Crippen LogP contribution is 2.42. The van der Waals surface area contributed by atoms with Crippen LogP contribution in [0.2, 0.25) is 0 Å². The van der Waals surface area contributed by atoms with Gasteiger partial charge in [0.2, 0.25) is 0 Å². The highest BCUT2D eigenvalue weighted by Gasteiger charge is 2.47. The molecule has 1 fully saturated rings. The third-order valence-corrected chi connectivity index (χ3v) is 5.98. The molecule has 0 aliphatic carbocycles.